The van der Waals surface area contributed by atoms with Gasteiger partial charge in [-0.25, -0.2) is 13.4 Å². The lowest BCUT2D eigenvalue weighted by atomic mass is 9.95. The van der Waals surface area contributed by atoms with Crippen molar-refractivity contribution in [2.45, 2.75) is 55.2 Å². The lowest BCUT2D eigenvalue weighted by Crippen LogP contribution is -2.56. The molecule has 1 aromatic heterocycles. The number of esters is 1. The number of benzene rings is 2. The predicted molar refractivity (Wildman–Crippen MR) is 145 cm³/mol. The largest absolute Gasteiger partial charge is 0.573 e. The van der Waals surface area contributed by atoms with Crippen molar-refractivity contribution in [2.24, 2.45) is 0 Å². The van der Waals surface area contributed by atoms with E-state index in [0.717, 1.165) is 0 Å². The Morgan fingerprint density at radius 2 is 1.73 bits per heavy atom. The molecular formula is C27H31F3N2O6S2. The van der Waals surface area contributed by atoms with Crippen molar-refractivity contribution in [3.05, 3.63) is 42.5 Å². The smallest absolute Gasteiger partial charge is 0.459 e. The maximum Gasteiger partial charge on any atom is 0.573 e. The van der Waals surface area contributed by atoms with Gasteiger partial charge in [0.1, 0.15) is 16.4 Å². The van der Waals surface area contributed by atoms with Crippen LogP contribution in [0.1, 0.15) is 33.6 Å². The Bertz CT molecular complexity index is 1460. The van der Waals surface area contributed by atoms with Gasteiger partial charge in [-0.2, -0.15) is 0 Å². The molecule has 1 aliphatic heterocycles. The summed E-state index contributed by atoms with van der Waals surface area (Å²) in [6.07, 6.45) is -4.64. The minimum absolute atomic E-state index is 0.0136. The molecule has 2 heterocycles. The summed E-state index contributed by atoms with van der Waals surface area (Å²) in [7, 11) is -2.59. The van der Waals surface area contributed by atoms with E-state index < -0.39 is 32.5 Å². The predicted octanol–water partition coefficient (Wildman–Crippen LogP) is 5.46. The van der Waals surface area contributed by atoms with Crippen LogP contribution >= 0.6 is 11.3 Å². The third-order valence-corrected chi connectivity index (χ3v) is 10.1. The molecule has 0 aliphatic carbocycles. The van der Waals surface area contributed by atoms with Gasteiger partial charge in [0.2, 0.25) is 0 Å². The van der Waals surface area contributed by atoms with Gasteiger partial charge in [0.25, 0.3) is 0 Å². The topological polar surface area (TPSA) is 95.0 Å². The quantitative estimate of drug-likeness (QED) is 0.315. The number of rotatable bonds is 8. The maximum absolute atomic E-state index is 14.2. The van der Waals surface area contributed by atoms with Crippen molar-refractivity contribution in [1.82, 2.24) is 9.88 Å². The van der Waals surface area contributed by atoms with Gasteiger partial charge in [0.05, 0.1) is 21.7 Å². The SMILES string of the molecule is COCCN1CCC(C(=O)OC(C)(C)C)(S(=O)(=O)c2ccc3nc(-c4ccc(OC(F)(F)F)cc4)sc3c2)CC1. The van der Waals surface area contributed by atoms with E-state index in [4.69, 9.17) is 9.47 Å². The molecule has 0 bridgehead atoms. The Morgan fingerprint density at radius 1 is 1.07 bits per heavy atom. The fourth-order valence-electron chi connectivity index (χ4n) is 4.53. The van der Waals surface area contributed by atoms with E-state index in [1.54, 1.807) is 33.9 Å². The molecule has 3 aromatic rings. The fourth-order valence-corrected chi connectivity index (χ4v) is 7.57. The molecule has 1 aliphatic rings. The highest BCUT2D eigenvalue weighted by atomic mass is 32.2. The van der Waals surface area contributed by atoms with Crippen LogP contribution in [0.25, 0.3) is 20.8 Å². The van der Waals surface area contributed by atoms with Crippen LogP contribution in [0, 0.1) is 0 Å². The van der Waals surface area contributed by atoms with E-state index in [1.165, 1.54) is 47.7 Å². The number of aromatic nitrogens is 1. The molecule has 0 saturated carbocycles. The number of fused-ring (bicyclic) bond motifs is 1. The summed E-state index contributed by atoms with van der Waals surface area (Å²) in [6, 6.07) is 9.78. The number of alkyl halides is 3. The van der Waals surface area contributed by atoms with E-state index in [2.05, 4.69) is 14.6 Å². The second-order valence-electron chi connectivity index (χ2n) is 10.6. The van der Waals surface area contributed by atoms with Crippen molar-refractivity contribution in [2.75, 3.05) is 33.4 Å². The zero-order valence-electron chi connectivity index (χ0n) is 22.6. The van der Waals surface area contributed by atoms with Gasteiger partial charge in [0, 0.05) is 32.3 Å². The van der Waals surface area contributed by atoms with Crippen LogP contribution in [-0.2, 0) is 24.1 Å². The Morgan fingerprint density at radius 3 is 2.30 bits per heavy atom. The van der Waals surface area contributed by atoms with E-state index in [-0.39, 0.29) is 23.5 Å². The van der Waals surface area contributed by atoms with E-state index >= 15 is 0 Å². The molecular weight excluding hydrogens is 569 g/mol. The monoisotopic (exact) mass is 600 g/mol. The van der Waals surface area contributed by atoms with Crippen LogP contribution in [0.3, 0.4) is 0 Å². The summed E-state index contributed by atoms with van der Waals surface area (Å²) >= 11 is 1.20. The van der Waals surface area contributed by atoms with E-state index in [0.29, 0.717) is 47.0 Å². The Balaban J connectivity index is 1.66. The first-order valence-corrected chi connectivity index (χ1v) is 14.9. The third kappa shape index (κ3) is 6.59. The lowest BCUT2D eigenvalue weighted by molar-refractivity contribution is -0.274. The first-order valence-electron chi connectivity index (χ1n) is 12.6. The fraction of sp³-hybridized carbons (Fsp3) is 0.481. The number of ether oxygens (including phenoxy) is 3. The first-order chi connectivity index (χ1) is 18.6. The average molecular weight is 601 g/mol. The molecule has 40 heavy (non-hydrogen) atoms. The summed E-state index contributed by atoms with van der Waals surface area (Å²) in [6.45, 7) is 7.00. The lowest BCUT2D eigenvalue weighted by Gasteiger charge is -2.40. The molecule has 218 valence electrons. The summed E-state index contributed by atoms with van der Waals surface area (Å²) in [5.74, 6) is -1.12. The number of nitrogens with zero attached hydrogens (tertiary/aromatic N) is 2. The van der Waals surface area contributed by atoms with E-state index in [1.807, 2.05) is 0 Å². The van der Waals surface area contributed by atoms with Crippen molar-refractivity contribution >= 4 is 37.4 Å². The highest BCUT2D eigenvalue weighted by Crippen LogP contribution is 2.40. The van der Waals surface area contributed by atoms with Crippen LogP contribution < -0.4 is 4.74 Å². The van der Waals surface area contributed by atoms with Gasteiger partial charge in [-0.05, 0) is 76.1 Å². The number of methoxy groups -OCH3 is 1. The van der Waals surface area contributed by atoms with Gasteiger partial charge in [-0.1, -0.05) is 0 Å². The molecule has 1 saturated heterocycles. The van der Waals surface area contributed by atoms with Crippen molar-refractivity contribution in [1.29, 1.82) is 0 Å². The molecule has 2 aromatic carbocycles. The van der Waals surface area contributed by atoms with Crippen LogP contribution in [0.4, 0.5) is 13.2 Å². The van der Waals surface area contributed by atoms with Crippen molar-refractivity contribution < 1.29 is 40.6 Å². The number of hydrogen-bond donors (Lipinski definition) is 0. The van der Waals surface area contributed by atoms with Crippen molar-refractivity contribution in [3.63, 3.8) is 0 Å². The average Bonchev–Trinajstić information content (AvgIpc) is 3.29. The second-order valence-corrected chi connectivity index (χ2v) is 13.8. The number of hydrogen-bond acceptors (Lipinski definition) is 9. The Kier molecular flexibility index (Phi) is 8.51. The summed E-state index contributed by atoms with van der Waals surface area (Å²) in [5.41, 5.74) is 0.202. The summed E-state index contributed by atoms with van der Waals surface area (Å²) < 4.78 is 79.3. The molecule has 0 spiro atoms. The number of carbonyl (C=O) groups excluding carboxylic acids is 1. The second kappa shape index (κ2) is 11.3. The summed E-state index contributed by atoms with van der Waals surface area (Å²) in [5, 5.41) is 0.497. The van der Waals surface area contributed by atoms with Gasteiger partial charge < -0.3 is 19.1 Å². The zero-order chi connectivity index (χ0) is 29.3. The van der Waals surface area contributed by atoms with Crippen LogP contribution in [0.2, 0.25) is 0 Å². The number of halogens is 3. The minimum Gasteiger partial charge on any atom is -0.459 e. The number of carbonyl (C=O) groups is 1. The molecule has 0 amide bonds. The number of thiazole rings is 1. The molecule has 0 radical (unpaired) electrons. The summed E-state index contributed by atoms with van der Waals surface area (Å²) in [4.78, 5) is 20.1. The highest BCUT2D eigenvalue weighted by Gasteiger charge is 2.55. The number of likely N-dealkylation sites (tertiary alicyclic amines) is 1. The molecule has 1 fully saturated rings. The highest BCUT2D eigenvalue weighted by molar-refractivity contribution is 7.93. The van der Waals surface area contributed by atoms with Gasteiger partial charge >= 0.3 is 12.3 Å². The number of piperidine rings is 1. The molecule has 0 atom stereocenters. The molecule has 0 unspecified atom stereocenters. The first kappa shape index (κ1) is 30.2. The van der Waals surface area contributed by atoms with Gasteiger partial charge in [-0.15, -0.1) is 24.5 Å². The van der Waals surface area contributed by atoms with Crippen LogP contribution in [0.15, 0.2) is 47.4 Å². The zero-order valence-corrected chi connectivity index (χ0v) is 24.2. The number of sulfone groups is 1. The minimum atomic E-state index is -4.80. The standard InChI is InChI=1S/C27H31F3N2O6S2/c1-25(2,3)38-24(33)26(11-13-32(14-12-26)15-16-36-4)40(34,35)20-9-10-21-22(17-20)39-23(31-21)18-5-7-19(8-6-18)37-27(28,29)30/h5-10,17H,11-16H2,1-4H3. The maximum atomic E-state index is 14.2. The third-order valence-electron chi connectivity index (χ3n) is 6.57. The van der Waals surface area contributed by atoms with Crippen molar-refractivity contribution in [3.8, 4) is 16.3 Å². The normalized spacial score (nSPS) is 16.7. The van der Waals surface area contributed by atoms with Crippen LogP contribution in [-0.4, -0.2) is 74.3 Å². The van der Waals surface area contributed by atoms with Gasteiger partial charge in [-0.3, -0.25) is 4.79 Å². The van der Waals surface area contributed by atoms with Gasteiger partial charge in [0.15, 0.2) is 14.6 Å². The molecule has 4 rings (SSSR count). The van der Waals surface area contributed by atoms with E-state index in [9.17, 15) is 26.4 Å². The Hall–Kier alpha value is -2.74. The molecule has 0 N–H and O–H groups in total. The Labute approximate surface area is 235 Å². The molecule has 13 heteroatoms. The molecule has 8 nitrogen and oxygen atoms in total. The van der Waals surface area contributed by atoms with Crippen LogP contribution in [0.5, 0.6) is 5.75 Å².